The number of benzene rings is 1. The van der Waals surface area contributed by atoms with Crippen molar-refractivity contribution in [3.8, 4) is 0 Å². The van der Waals surface area contributed by atoms with Crippen molar-refractivity contribution in [3.63, 3.8) is 0 Å². The maximum atomic E-state index is 13.2. The Morgan fingerprint density at radius 3 is 2.59 bits per heavy atom. The number of hydrogen-bond acceptors (Lipinski definition) is 2. The Kier molecular flexibility index (Phi) is 3.24. The highest BCUT2D eigenvalue weighted by atomic mass is 19.1. The molecule has 0 bridgehead atoms. The summed E-state index contributed by atoms with van der Waals surface area (Å²) >= 11 is 0. The Balaban J connectivity index is 2.32. The lowest BCUT2D eigenvalue weighted by Gasteiger charge is -2.24. The molecule has 0 amide bonds. The fourth-order valence-electron chi connectivity index (χ4n) is 2.05. The number of hydrogen-bond donors (Lipinski definition) is 1. The van der Waals surface area contributed by atoms with Crippen LogP contribution in [0.1, 0.15) is 17.2 Å². The van der Waals surface area contributed by atoms with Gasteiger partial charge in [0, 0.05) is 13.1 Å². The lowest BCUT2D eigenvalue weighted by Crippen LogP contribution is -2.32. The van der Waals surface area contributed by atoms with Gasteiger partial charge in [-0.3, -0.25) is 9.69 Å². The van der Waals surface area contributed by atoms with Gasteiger partial charge in [-0.15, -0.1) is 0 Å². The first-order valence-electron chi connectivity index (χ1n) is 5.47. The van der Waals surface area contributed by atoms with Gasteiger partial charge in [0.2, 0.25) is 0 Å². The van der Waals surface area contributed by atoms with E-state index in [1.165, 1.54) is 6.07 Å². The Labute approximate surface area is 99.2 Å². The number of aliphatic carboxylic acids is 1. The highest BCUT2D eigenvalue weighted by Crippen LogP contribution is 2.24. The summed E-state index contributed by atoms with van der Waals surface area (Å²) in [6, 6.07) is 3.76. The summed E-state index contributed by atoms with van der Waals surface area (Å²) in [5, 5.41) is 9.28. The lowest BCUT2D eigenvalue weighted by atomic mass is 10.0. The van der Waals surface area contributed by atoms with Gasteiger partial charge in [-0.25, -0.2) is 4.39 Å². The maximum Gasteiger partial charge on any atom is 0.325 e. The first-order chi connectivity index (χ1) is 8.09. The third-order valence-electron chi connectivity index (χ3n) is 2.94. The van der Waals surface area contributed by atoms with Crippen molar-refractivity contribution in [2.75, 3.05) is 13.1 Å². The van der Waals surface area contributed by atoms with Crippen molar-refractivity contribution in [2.45, 2.75) is 13.0 Å². The number of carboxylic acid groups (broad SMARTS) is 1. The van der Waals surface area contributed by atoms with Crippen LogP contribution in [0, 0.1) is 12.7 Å². The zero-order chi connectivity index (χ0) is 12.4. The van der Waals surface area contributed by atoms with E-state index in [4.69, 9.17) is 0 Å². The average Bonchev–Trinajstić information content (AvgIpc) is 2.76. The molecule has 90 valence electrons. The van der Waals surface area contributed by atoms with E-state index in [-0.39, 0.29) is 5.82 Å². The Morgan fingerprint density at radius 1 is 1.41 bits per heavy atom. The molecule has 0 saturated carbocycles. The van der Waals surface area contributed by atoms with Gasteiger partial charge in [0.1, 0.15) is 11.9 Å². The summed E-state index contributed by atoms with van der Waals surface area (Å²) in [5.41, 5.74) is 1.10. The predicted octanol–water partition coefficient (Wildman–Crippen LogP) is 2.13. The van der Waals surface area contributed by atoms with Crippen molar-refractivity contribution < 1.29 is 14.3 Å². The molecule has 0 radical (unpaired) electrons. The van der Waals surface area contributed by atoms with E-state index in [0.29, 0.717) is 24.2 Å². The molecule has 17 heavy (non-hydrogen) atoms. The second kappa shape index (κ2) is 4.67. The summed E-state index contributed by atoms with van der Waals surface area (Å²) < 4.78 is 13.2. The summed E-state index contributed by atoms with van der Waals surface area (Å²) in [5.74, 6) is -1.21. The first-order valence-corrected chi connectivity index (χ1v) is 5.47. The van der Waals surface area contributed by atoms with Crippen molar-refractivity contribution in [1.29, 1.82) is 0 Å². The summed E-state index contributed by atoms with van der Waals surface area (Å²) in [7, 11) is 0. The van der Waals surface area contributed by atoms with E-state index in [1.807, 2.05) is 17.1 Å². The molecule has 0 aliphatic carbocycles. The molecule has 1 aromatic carbocycles. The first kappa shape index (κ1) is 11.8. The molecule has 1 unspecified atom stereocenters. The quantitative estimate of drug-likeness (QED) is 0.816. The van der Waals surface area contributed by atoms with Gasteiger partial charge in [0.05, 0.1) is 0 Å². The van der Waals surface area contributed by atoms with E-state index < -0.39 is 12.0 Å². The van der Waals surface area contributed by atoms with Crippen molar-refractivity contribution in [2.24, 2.45) is 0 Å². The smallest absolute Gasteiger partial charge is 0.325 e. The minimum absolute atomic E-state index is 0.308. The van der Waals surface area contributed by atoms with Crippen LogP contribution in [-0.2, 0) is 4.79 Å². The number of rotatable bonds is 3. The number of nitrogens with zero attached hydrogens (tertiary/aromatic N) is 1. The fourth-order valence-corrected chi connectivity index (χ4v) is 2.05. The molecule has 1 N–H and O–H groups in total. The van der Waals surface area contributed by atoms with Crippen molar-refractivity contribution >= 4 is 5.97 Å². The highest BCUT2D eigenvalue weighted by Gasteiger charge is 2.27. The molecule has 0 fully saturated rings. The van der Waals surface area contributed by atoms with E-state index in [2.05, 4.69) is 0 Å². The summed E-state index contributed by atoms with van der Waals surface area (Å²) in [6.45, 7) is 2.88. The third-order valence-corrected chi connectivity index (χ3v) is 2.94. The van der Waals surface area contributed by atoms with Gasteiger partial charge < -0.3 is 5.11 Å². The van der Waals surface area contributed by atoms with Crippen molar-refractivity contribution in [3.05, 3.63) is 47.3 Å². The number of carboxylic acids is 1. The lowest BCUT2D eigenvalue weighted by molar-refractivity contribution is -0.143. The Morgan fingerprint density at radius 2 is 2.06 bits per heavy atom. The summed E-state index contributed by atoms with van der Waals surface area (Å²) in [4.78, 5) is 13.1. The van der Waals surface area contributed by atoms with Gasteiger partial charge in [0.15, 0.2) is 0 Å². The molecule has 1 atom stereocenters. The zero-order valence-corrected chi connectivity index (χ0v) is 9.56. The molecule has 1 aliphatic heterocycles. The van der Waals surface area contributed by atoms with E-state index in [9.17, 15) is 14.3 Å². The van der Waals surface area contributed by atoms with Crippen LogP contribution < -0.4 is 0 Å². The molecule has 0 spiro atoms. The molecule has 1 heterocycles. The van der Waals surface area contributed by atoms with Crippen LogP contribution in [0.25, 0.3) is 0 Å². The predicted molar refractivity (Wildman–Crippen MR) is 62.2 cm³/mol. The zero-order valence-electron chi connectivity index (χ0n) is 9.56. The molecule has 4 heteroatoms. The molecule has 0 aromatic heterocycles. The van der Waals surface area contributed by atoms with Crippen LogP contribution in [0.3, 0.4) is 0 Å². The number of aryl methyl sites for hydroxylation is 1. The van der Waals surface area contributed by atoms with Crippen molar-refractivity contribution in [1.82, 2.24) is 4.90 Å². The van der Waals surface area contributed by atoms with Gasteiger partial charge >= 0.3 is 5.97 Å². The monoisotopic (exact) mass is 235 g/mol. The van der Waals surface area contributed by atoms with E-state index in [0.717, 1.165) is 0 Å². The van der Waals surface area contributed by atoms with Crippen LogP contribution in [0.4, 0.5) is 4.39 Å². The molecule has 3 nitrogen and oxygen atoms in total. The third kappa shape index (κ3) is 2.36. The summed E-state index contributed by atoms with van der Waals surface area (Å²) in [6.07, 6.45) is 3.87. The fraction of sp³-hybridized carbons (Fsp3) is 0.308. The molecule has 1 aliphatic rings. The average molecular weight is 235 g/mol. The Hall–Kier alpha value is -1.68. The maximum absolute atomic E-state index is 13.2. The normalized spacial score (nSPS) is 17.3. The Bertz CT molecular complexity index is 462. The topological polar surface area (TPSA) is 40.5 Å². The van der Waals surface area contributed by atoms with Crippen LogP contribution in [0.2, 0.25) is 0 Å². The van der Waals surface area contributed by atoms with E-state index in [1.54, 1.807) is 19.1 Å². The number of carbonyl (C=O) groups is 1. The molecular formula is C13H14FNO2. The van der Waals surface area contributed by atoms with E-state index >= 15 is 0 Å². The minimum Gasteiger partial charge on any atom is -0.480 e. The number of halogens is 1. The molecule has 0 saturated heterocycles. The SMILES string of the molecule is Cc1cc(C(C(=O)O)N2CC=CC2)ccc1F. The van der Waals surface area contributed by atoms with Gasteiger partial charge in [0.25, 0.3) is 0 Å². The molecule has 1 aromatic rings. The minimum atomic E-state index is -0.903. The standard InChI is InChI=1S/C13H14FNO2/c1-9-8-10(4-5-11(9)14)12(13(16)17)15-6-2-3-7-15/h2-5,8,12H,6-7H2,1H3,(H,16,17). The van der Waals surface area contributed by atoms with Crippen LogP contribution in [0.5, 0.6) is 0 Å². The molecule has 2 rings (SSSR count). The van der Waals surface area contributed by atoms with Crippen LogP contribution in [-0.4, -0.2) is 29.1 Å². The largest absolute Gasteiger partial charge is 0.480 e. The van der Waals surface area contributed by atoms with Crippen LogP contribution >= 0.6 is 0 Å². The van der Waals surface area contributed by atoms with Gasteiger partial charge in [-0.05, 0) is 24.1 Å². The van der Waals surface area contributed by atoms with Gasteiger partial charge in [-0.2, -0.15) is 0 Å². The second-order valence-corrected chi connectivity index (χ2v) is 4.17. The van der Waals surface area contributed by atoms with Crippen LogP contribution in [0.15, 0.2) is 30.4 Å². The highest BCUT2D eigenvalue weighted by molar-refractivity contribution is 5.75. The van der Waals surface area contributed by atoms with Gasteiger partial charge in [-0.1, -0.05) is 24.3 Å². The second-order valence-electron chi connectivity index (χ2n) is 4.17. The molecular weight excluding hydrogens is 221 g/mol.